The third-order valence-corrected chi connectivity index (χ3v) is 5.12. The van der Waals surface area contributed by atoms with Gasteiger partial charge < -0.3 is 19.3 Å². The van der Waals surface area contributed by atoms with E-state index in [1.807, 2.05) is 18.2 Å². The second kappa shape index (κ2) is 8.59. The first-order chi connectivity index (χ1) is 13.1. The molecular weight excluding hydrogens is 349 g/mol. The Balaban J connectivity index is 1.82. The molecule has 2 aromatic carbocycles. The summed E-state index contributed by atoms with van der Waals surface area (Å²) in [6.45, 7) is 1.24. The van der Waals surface area contributed by atoms with Crippen molar-refractivity contribution in [3.63, 3.8) is 0 Å². The topological polar surface area (TPSA) is 51.2 Å². The van der Waals surface area contributed by atoms with Gasteiger partial charge in [0.15, 0.2) is 0 Å². The Hall–Kier alpha value is -2.31. The fraction of sp³-hybridized carbons (Fsp3) is 0.429. The molecule has 1 saturated heterocycles. The lowest BCUT2D eigenvalue weighted by Gasteiger charge is -2.28. The Morgan fingerprint density at radius 1 is 1.07 bits per heavy atom. The fourth-order valence-corrected chi connectivity index (χ4v) is 3.78. The minimum absolute atomic E-state index is 0.125. The fourth-order valence-electron chi connectivity index (χ4n) is 3.78. The quantitative estimate of drug-likeness (QED) is 0.799. The van der Waals surface area contributed by atoms with Gasteiger partial charge in [0, 0.05) is 29.8 Å². The summed E-state index contributed by atoms with van der Waals surface area (Å²) >= 11 is 0. The van der Waals surface area contributed by atoms with Gasteiger partial charge in [-0.25, -0.2) is 4.39 Å². The summed E-state index contributed by atoms with van der Waals surface area (Å²) in [5.74, 6) is 1.61. The van der Waals surface area contributed by atoms with Crippen LogP contribution < -0.4 is 14.2 Å². The summed E-state index contributed by atoms with van der Waals surface area (Å²) in [5.41, 5.74) is 1.53. The third-order valence-electron chi connectivity index (χ3n) is 5.12. The maximum absolute atomic E-state index is 13.7. The van der Waals surface area contributed by atoms with E-state index in [1.54, 1.807) is 20.3 Å². The molecule has 2 atom stereocenters. The van der Waals surface area contributed by atoms with Gasteiger partial charge in [-0.3, -0.25) is 4.90 Å². The Morgan fingerprint density at radius 3 is 2.56 bits per heavy atom. The van der Waals surface area contributed by atoms with Crippen LogP contribution in [0.5, 0.6) is 17.2 Å². The lowest BCUT2D eigenvalue weighted by atomic mass is 10.0. The molecule has 0 aromatic heterocycles. The zero-order valence-corrected chi connectivity index (χ0v) is 15.9. The highest BCUT2D eigenvalue weighted by Crippen LogP contribution is 2.40. The molecule has 27 heavy (non-hydrogen) atoms. The number of aliphatic hydroxyl groups is 1. The summed E-state index contributed by atoms with van der Waals surface area (Å²) in [5, 5.41) is 10.8. The SMILES string of the molecule is COc1ccc([C@@H]2CCCN2C[C@H](O)c2cc(F)ccc2OC)c(OC)c1. The van der Waals surface area contributed by atoms with Crippen LogP contribution in [-0.4, -0.2) is 44.4 Å². The molecule has 1 aliphatic heterocycles. The highest BCUT2D eigenvalue weighted by molar-refractivity contribution is 5.43. The largest absolute Gasteiger partial charge is 0.497 e. The number of hydrogen-bond donors (Lipinski definition) is 1. The molecule has 0 radical (unpaired) electrons. The van der Waals surface area contributed by atoms with Crippen LogP contribution in [0.1, 0.15) is 36.1 Å². The highest BCUT2D eigenvalue weighted by atomic mass is 19.1. The van der Waals surface area contributed by atoms with E-state index in [9.17, 15) is 9.50 Å². The van der Waals surface area contributed by atoms with Gasteiger partial charge in [0.1, 0.15) is 23.1 Å². The second-order valence-corrected chi connectivity index (χ2v) is 6.66. The molecule has 1 N–H and O–H groups in total. The van der Waals surface area contributed by atoms with E-state index < -0.39 is 6.10 Å². The summed E-state index contributed by atoms with van der Waals surface area (Å²) in [4.78, 5) is 2.21. The number of rotatable bonds is 7. The normalized spacial score (nSPS) is 18.3. The van der Waals surface area contributed by atoms with Crippen molar-refractivity contribution in [3.8, 4) is 17.2 Å². The van der Waals surface area contributed by atoms with E-state index in [4.69, 9.17) is 14.2 Å². The molecule has 0 amide bonds. The Labute approximate surface area is 159 Å². The molecule has 1 heterocycles. The van der Waals surface area contributed by atoms with Crippen molar-refractivity contribution in [2.24, 2.45) is 0 Å². The number of likely N-dealkylation sites (tertiary alicyclic amines) is 1. The maximum Gasteiger partial charge on any atom is 0.127 e. The van der Waals surface area contributed by atoms with Gasteiger partial charge in [-0.05, 0) is 43.7 Å². The van der Waals surface area contributed by atoms with Crippen molar-refractivity contribution in [2.75, 3.05) is 34.4 Å². The number of β-amino-alcohol motifs (C(OH)–C–C–N with tert-alkyl or cyclic N) is 1. The van der Waals surface area contributed by atoms with Crippen LogP contribution in [0, 0.1) is 5.82 Å². The van der Waals surface area contributed by atoms with Crippen molar-refractivity contribution in [1.82, 2.24) is 4.90 Å². The number of ether oxygens (including phenoxy) is 3. The molecule has 1 aliphatic rings. The Kier molecular flexibility index (Phi) is 6.19. The van der Waals surface area contributed by atoms with E-state index in [1.165, 1.54) is 19.2 Å². The summed E-state index contributed by atoms with van der Waals surface area (Å²) in [6, 6.07) is 10.1. The van der Waals surface area contributed by atoms with E-state index >= 15 is 0 Å². The molecule has 5 nitrogen and oxygen atoms in total. The van der Waals surface area contributed by atoms with E-state index in [2.05, 4.69) is 4.90 Å². The van der Waals surface area contributed by atoms with E-state index in [0.717, 1.165) is 36.4 Å². The Morgan fingerprint density at radius 2 is 1.85 bits per heavy atom. The lowest BCUT2D eigenvalue weighted by molar-refractivity contribution is 0.103. The van der Waals surface area contributed by atoms with Crippen LogP contribution in [0.15, 0.2) is 36.4 Å². The first kappa shape index (κ1) is 19.5. The number of hydrogen-bond acceptors (Lipinski definition) is 5. The van der Waals surface area contributed by atoms with Gasteiger partial charge in [-0.15, -0.1) is 0 Å². The minimum Gasteiger partial charge on any atom is -0.497 e. The zero-order valence-electron chi connectivity index (χ0n) is 15.9. The van der Waals surface area contributed by atoms with Crippen LogP contribution in [-0.2, 0) is 0 Å². The standard InChI is InChI=1S/C21H26FNO4/c1-25-15-7-8-16(21(12-15)27-3)18-5-4-10-23(18)13-19(24)17-11-14(22)6-9-20(17)26-2/h6-9,11-12,18-19,24H,4-5,10,13H2,1-3H3/t18-,19-/m0/s1. The molecule has 0 saturated carbocycles. The predicted octanol–water partition coefficient (Wildman–Crippen LogP) is 3.72. The molecule has 3 rings (SSSR count). The van der Waals surface area contributed by atoms with Gasteiger partial charge in [0.25, 0.3) is 0 Å². The average molecular weight is 375 g/mol. The summed E-state index contributed by atoms with van der Waals surface area (Å²) < 4.78 is 29.8. The van der Waals surface area contributed by atoms with Crippen LogP contribution in [0.4, 0.5) is 4.39 Å². The summed E-state index contributed by atoms with van der Waals surface area (Å²) in [7, 11) is 4.79. The summed E-state index contributed by atoms with van der Waals surface area (Å²) in [6.07, 6.45) is 1.14. The first-order valence-corrected chi connectivity index (χ1v) is 9.04. The van der Waals surface area contributed by atoms with Crippen molar-refractivity contribution < 1.29 is 23.7 Å². The number of halogens is 1. The molecule has 0 bridgehead atoms. The highest BCUT2D eigenvalue weighted by Gasteiger charge is 2.31. The lowest BCUT2D eigenvalue weighted by Crippen LogP contribution is -2.29. The monoisotopic (exact) mass is 375 g/mol. The number of nitrogens with zero attached hydrogens (tertiary/aromatic N) is 1. The van der Waals surface area contributed by atoms with E-state index in [-0.39, 0.29) is 11.9 Å². The molecule has 1 fully saturated rings. The van der Waals surface area contributed by atoms with Crippen LogP contribution in [0.3, 0.4) is 0 Å². The predicted molar refractivity (Wildman–Crippen MR) is 101 cm³/mol. The van der Waals surface area contributed by atoms with Gasteiger partial charge in [0.05, 0.1) is 27.4 Å². The molecule has 2 aromatic rings. The molecular formula is C21H26FNO4. The zero-order chi connectivity index (χ0) is 19.4. The number of methoxy groups -OCH3 is 3. The number of benzene rings is 2. The van der Waals surface area contributed by atoms with Crippen LogP contribution >= 0.6 is 0 Å². The molecule has 0 spiro atoms. The van der Waals surface area contributed by atoms with Crippen molar-refractivity contribution in [1.29, 1.82) is 0 Å². The Bertz CT molecular complexity index is 783. The van der Waals surface area contributed by atoms with E-state index in [0.29, 0.717) is 17.9 Å². The average Bonchev–Trinajstić information content (AvgIpc) is 3.15. The van der Waals surface area contributed by atoms with Gasteiger partial charge in [0.2, 0.25) is 0 Å². The van der Waals surface area contributed by atoms with Gasteiger partial charge >= 0.3 is 0 Å². The molecule has 6 heteroatoms. The van der Waals surface area contributed by atoms with Gasteiger partial charge in [-0.1, -0.05) is 6.07 Å². The third kappa shape index (κ3) is 4.17. The first-order valence-electron chi connectivity index (χ1n) is 9.04. The minimum atomic E-state index is -0.847. The second-order valence-electron chi connectivity index (χ2n) is 6.66. The molecule has 146 valence electrons. The van der Waals surface area contributed by atoms with Crippen LogP contribution in [0.2, 0.25) is 0 Å². The van der Waals surface area contributed by atoms with Gasteiger partial charge in [-0.2, -0.15) is 0 Å². The smallest absolute Gasteiger partial charge is 0.127 e. The number of aliphatic hydroxyl groups excluding tert-OH is 1. The van der Waals surface area contributed by atoms with Crippen LogP contribution in [0.25, 0.3) is 0 Å². The maximum atomic E-state index is 13.7. The van der Waals surface area contributed by atoms with Crippen molar-refractivity contribution in [2.45, 2.75) is 25.0 Å². The van der Waals surface area contributed by atoms with Crippen molar-refractivity contribution >= 4 is 0 Å². The van der Waals surface area contributed by atoms with Crippen molar-refractivity contribution in [3.05, 3.63) is 53.3 Å². The molecule has 0 unspecified atom stereocenters. The molecule has 0 aliphatic carbocycles.